The minimum absolute atomic E-state index is 0.122. The Morgan fingerprint density at radius 2 is 2.06 bits per heavy atom. The second-order valence-electron chi connectivity index (χ2n) is 4.83. The summed E-state index contributed by atoms with van der Waals surface area (Å²) < 4.78 is 11.2. The highest BCUT2D eigenvalue weighted by Crippen LogP contribution is 2.09. The van der Waals surface area contributed by atoms with E-state index in [0.29, 0.717) is 13.2 Å². The third-order valence-electron chi connectivity index (χ3n) is 3.30. The van der Waals surface area contributed by atoms with Crippen LogP contribution in [0.4, 0.5) is 0 Å². The van der Waals surface area contributed by atoms with Crippen molar-refractivity contribution < 1.29 is 9.47 Å². The molecule has 2 aliphatic rings. The molecule has 6 nitrogen and oxygen atoms in total. The van der Waals surface area contributed by atoms with E-state index in [0.717, 1.165) is 32.8 Å². The summed E-state index contributed by atoms with van der Waals surface area (Å²) in [5.41, 5.74) is 5.48. The predicted molar refractivity (Wildman–Crippen MR) is 65.3 cm³/mol. The van der Waals surface area contributed by atoms with E-state index in [1.54, 1.807) is 0 Å². The average molecular weight is 242 g/mol. The van der Waals surface area contributed by atoms with E-state index in [2.05, 4.69) is 16.8 Å². The van der Waals surface area contributed by atoms with E-state index in [4.69, 9.17) is 20.6 Å². The van der Waals surface area contributed by atoms with E-state index < -0.39 is 0 Å². The van der Waals surface area contributed by atoms with Crippen molar-refractivity contribution in [3.05, 3.63) is 0 Å². The van der Waals surface area contributed by atoms with Gasteiger partial charge in [0.25, 0.3) is 0 Å². The molecule has 2 rings (SSSR count). The molecule has 0 spiro atoms. The van der Waals surface area contributed by atoms with Gasteiger partial charge >= 0.3 is 0 Å². The zero-order chi connectivity index (χ0) is 12.3. The van der Waals surface area contributed by atoms with Gasteiger partial charge in [0.1, 0.15) is 11.9 Å². The number of rotatable bonds is 3. The van der Waals surface area contributed by atoms with Crippen LogP contribution < -0.4 is 5.73 Å². The molecule has 0 saturated carbocycles. The van der Waals surface area contributed by atoms with E-state index >= 15 is 0 Å². The van der Waals surface area contributed by atoms with Crippen molar-refractivity contribution in [2.45, 2.75) is 12.2 Å². The zero-order valence-corrected chi connectivity index (χ0v) is 10.4. The molecule has 0 bridgehead atoms. The molecule has 2 heterocycles. The summed E-state index contributed by atoms with van der Waals surface area (Å²) >= 11 is 0. The van der Waals surface area contributed by atoms with Crippen molar-refractivity contribution in [2.24, 2.45) is 5.73 Å². The molecular weight excluding hydrogens is 220 g/mol. The molecule has 2 saturated heterocycles. The Balaban J connectivity index is 1.79. The molecule has 6 heteroatoms. The van der Waals surface area contributed by atoms with Gasteiger partial charge in [0.05, 0.1) is 19.3 Å². The van der Waals surface area contributed by atoms with Crippen molar-refractivity contribution in [1.82, 2.24) is 9.80 Å². The number of ether oxygens (including phenoxy) is 2. The number of nitrogens with one attached hydrogen (secondary N) is 1. The summed E-state index contributed by atoms with van der Waals surface area (Å²) in [5, 5.41) is 7.42. The molecule has 2 atom stereocenters. The van der Waals surface area contributed by atoms with Crippen LogP contribution in [0.2, 0.25) is 0 Å². The number of amidine groups is 1. The normalized spacial score (nSPS) is 32.5. The van der Waals surface area contributed by atoms with Gasteiger partial charge in [-0.2, -0.15) is 0 Å². The van der Waals surface area contributed by atoms with Gasteiger partial charge in [0.2, 0.25) is 0 Å². The highest BCUT2D eigenvalue weighted by molar-refractivity contribution is 5.82. The maximum atomic E-state index is 7.42. The fraction of sp³-hybridized carbons (Fsp3) is 0.909. The van der Waals surface area contributed by atoms with Crippen LogP contribution in [0.5, 0.6) is 0 Å². The van der Waals surface area contributed by atoms with Gasteiger partial charge in [-0.1, -0.05) is 0 Å². The number of morpholine rings is 2. The Labute approximate surface area is 102 Å². The van der Waals surface area contributed by atoms with Gasteiger partial charge in [0.15, 0.2) is 0 Å². The van der Waals surface area contributed by atoms with E-state index in [-0.39, 0.29) is 18.0 Å². The third kappa shape index (κ3) is 3.64. The maximum absolute atomic E-state index is 7.42. The van der Waals surface area contributed by atoms with Crippen LogP contribution in [0.15, 0.2) is 0 Å². The number of hydrogen-bond acceptors (Lipinski definition) is 5. The Kier molecular flexibility index (Phi) is 4.33. The third-order valence-corrected chi connectivity index (χ3v) is 3.30. The van der Waals surface area contributed by atoms with Gasteiger partial charge < -0.3 is 20.1 Å². The van der Waals surface area contributed by atoms with Gasteiger partial charge in [-0.3, -0.25) is 10.3 Å². The van der Waals surface area contributed by atoms with Crippen LogP contribution in [-0.2, 0) is 9.47 Å². The van der Waals surface area contributed by atoms with Crippen LogP contribution >= 0.6 is 0 Å². The lowest BCUT2D eigenvalue weighted by Gasteiger charge is -2.37. The van der Waals surface area contributed by atoms with E-state index in [9.17, 15) is 0 Å². The molecule has 0 aliphatic carbocycles. The number of hydrogen-bond donors (Lipinski definition) is 2. The van der Waals surface area contributed by atoms with E-state index in [1.807, 2.05) is 0 Å². The van der Waals surface area contributed by atoms with E-state index in [1.165, 1.54) is 0 Å². The fourth-order valence-corrected chi connectivity index (χ4v) is 2.32. The molecule has 0 aromatic rings. The highest BCUT2D eigenvalue weighted by Gasteiger charge is 2.26. The lowest BCUT2D eigenvalue weighted by Crippen LogP contribution is -2.52. The number of nitrogens with zero attached hydrogens (tertiary/aromatic N) is 2. The summed E-state index contributed by atoms with van der Waals surface area (Å²) in [6.45, 7) is 5.94. The van der Waals surface area contributed by atoms with Crippen molar-refractivity contribution in [1.29, 1.82) is 5.41 Å². The first-order valence-electron chi connectivity index (χ1n) is 6.13. The molecule has 17 heavy (non-hydrogen) atoms. The zero-order valence-electron chi connectivity index (χ0n) is 10.4. The largest absolute Gasteiger partial charge is 0.385 e. The predicted octanol–water partition coefficient (Wildman–Crippen LogP) is -1.05. The van der Waals surface area contributed by atoms with Crippen molar-refractivity contribution in [2.75, 3.05) is 53.0 Å². The molecule has 2 aliphatic heterocycles. The van der Waals surface area contributed by atoms with Crippen LogP contribution in [0.3, 0.4) is 0 Å². The standard InChI is InChI=1S/C11H22N4O2/c1-14-2-4-16-9(6-14)7-15-3-5-17-10(8-15)11(12)13/h9-10H,2-8H2,1H3,(H3,12,13). The lowest BCUT2D eigenvalue weighted by molar-refractivity contribution is -0.0586. The Morgan fingerprint density at radius 3 is 2.76 bits per heavy atom. The second-order valence-corrected chi connectivity index (χ2v) is 4.83. The molecule has 98 valence electrons. The first-order chi connectivity index (χ1) is 8.15. The first-order valence-corrected chi connectivity index (χ1v) is 6.13. The molecule has 3 N–H and O–H groups in total. The second kappa shape index (κ2) is 5.77. The lowest BCUT2D eigenvalue weighted by atomic mass is 10.2. The average Bonchev–Trinajstić information content (AvgIpc) is 2.29. The summed E-state index contributed by atoms with van der Waals surface area (Å²) in [7, 11) is 2.12. The van der Waals surface area contributed by atoms with Crippen molar-refractivity contribution in [3.8, 4) is 0 Å². The highest BCUT2D eigenvalue weighted by atomic mass is 16.5. The molecule has 2 fully saturated rings. The minimum Gasteiger partial charge on any atom is -0.385 e. The van der Waals surface area contributed by atoms with Gasteiger partial charge in [0, 0.05) is 32.7 Å². The summed E-state index contributed by atoms with van der Waals surface area (Å²) in [6, 6.07) is 0. The van der Waals surface area contributed by atoms with Gasteiger partial charge in [-0.05, 0) is 7.05 Å². The van der Waals surface area contributed by atoms with Crippen LogP contribution in [0, 0.1) is 5.41 Å². The molecule has 0 aromatic heterocycles. The van der Waals surface area contributed by atoms with Crippen LogP contribution in [0.25, 0.3) is 0 Å². The number of likely N-dealkylation sites (N-methyl/N-ethyl adjacent to an activating group) is 1. The molecule has 0 radical (unpaired) electrons. The Morgan fingerprint density at radius 1 is 1.29 bits per heavy atom. The Bertz CT molecular complexity index is 274. The molecular formula is C11H22N4O2. The summed E-state index contributed by atoms with van der Waals surface area (Å²) in [4.78, 5) is 4.57. The SMILES string of the molecule is CN1CCOC(CN2CCOC(C(=N)N)C2)C1. The minimum atomic E-state index is -0.245. The van der Waals surface area contributed by atoms with Crippen LogP contribution in [-0.4, -0.2) is 80.8 Å². The first kappa shape index (κ1) is 12.8. The van der Waals surface area contributed by atoms with Crippen molar-refractivity contribution in [3.63, 3.8) is 0 Å². The molecule has 2 unspecified atom stereocenters. The summed E-state index contributed by atoms with van der Waals surface area (Å²) in [6.07, 6.45) is 0.0181. The van der Waals surface area contributed by atoms with Gasteiger partial charge in [-0.25, -0.2) is 0 Å². The molecule has 0 amide bonds. The van der Waals surface area contributed by atoms with Gasteiger partial charge in [-0.15, -0.1) is 0 Å². The fourth-order valence-electron chi connectivity index (χ4n) is 2.32. The summed E-state index contributed by atoms with van der Waals surface area (Å²) in [5.74, 6) is 0.122. The maximum Gasteiger partial charge on any atom is 0.127 e. The topological polar surface area (TPSA) is 74.8 Å². The smallest absolute Gasteiger partial charge is 0.127 e. The monoisotopic (exact) mass is 242 g/mol. The van der Waals surface area contributed by atoms with Crippen LogP contribution in [0.1, 0.15) is 0 Å². The van der Waals surface area contributed by atoms with Crippen molar-refractivity contribution >= 4 is 5.84 Å². The Hall–Kier alpha value is -0.690. The molecule has 0 aromatic carbocycles. The number of nitrogens with two attached hydrogens (primary N) is 1. The quantitative estimate of drug-likeness (QED) is 0.488.